The molecule has 2 fully saturated rings. The number of hydrogen-bond donors (Lipinski definition) is 0. The third-order valence-electron chi connectivity index (χ3n) is 5.43. The highest BCUT2D eigenvalue weighted by atomic mass is 16.5. The van der Waals surface area contributed by atoms with Gasteiger partial charge in [-0.2, -0.15) is 4.98 Å². The van der Waals surface area contributed by atoms with Gasteiger partial charge in [-0.05, 0) is 37.8 Å². The van der Waals surface area contributed by atoms with Crippen molar-refractivity contribution in [3.05, 3.63) is 47.1 Å². The Bertz CT molecular complexity index is 914. The summed E-state index contributed by atoms with van der Waals surface area (Å²) >= 11 is 0. The van der Waals surface area contributed by atoms with Crippen molar-refractivity contribution >= 4 is 17.7 Å². The topological polar surface area (TPSA) is 96.6 Å². The molecule has 138 valence electrons. The normalized spacial score (nSPS) is 21.9. The van der Waals surface area contributed by atoms with Crippen LogP contribution in [-0.2, 0) is 4.79 Å². The molecule has 0 bridgehead atoms. The molecule has 1 atom stereocenters. The fraction of sp³-hybridized carbons (Fsp3) is 0.421. The number of rotatable bonds is 4. The van der Waals surface area contributed by atoms with E-state index in [1.54, 1.807) is 29.2 Å². The van der Waals surface area contributed by atoms with Gasteiger partial charge in [0.1, 0.15) is 12.6 Å². The molecule has 1 aliphatic carbocycles. The van der Waals surface area contributed by atoms with Crippen LogP contribution in [0.5, 0.6) is 0 Å². The van der Waals surface area contributed by atoms with Crippen LogP contribution in [0.4, 0.5) is 0 Å². The van der Waals surface area contributed by atoms with Crippen molar-refractivity contribution in [1.29, 1.82) is 0 Å². The maximum Gasteiger partial charge on any atom is 0.262 e. The van der Waals surface area contributed by atoms with Crippen LogP contribution in [-0.4, -0.2) is 50.8 Å². The average molecular weight is 366 g/mol. The maximum absolute atomic E-state index is 12.9. The van der Waals surface area contributed by atoms with Gasteiger partial charge in [0.2, 0.25) is 11.8 Å². The van der Waals surface area contributed by atoms with Crippen molar-refractivity contribution in [2.24, 2.45) is 0 Å². The molecule has 2 aliphatic heterocycles. The van der Waals surface area contributed by atoms with Gasteiger partial charge >= 0.3 is 0 Å². The van der Waals surface area contributed by atoms with Gasteiger partial charge in [-0.25, -0.2) is 0 Å². The third-order valence-corrected chi connectivity index (χ3v) is 5.43. The first kappa shape index (κ1) is 16.2. The Morgan fingerprint density at radius 3 is 2.48 bits per heavy atom. The average Bonchev–Trinajstić information content (AvgIpc) is 3.13. The highest BCUT2D eigenvalue weighted by molar-refractivity contribution is 6.22. The summed E-state index contributed by atoms with van der Waals surface area (Å²) in [5.41, 5.74) is 0.693. The molecule has 0 spiro atoms. The minimum atomic E-state index is -0.423. The number of hydrogen-bond acceptors (Lipinski definition) is 6. The lowest BCUT2D eigenvalue weighted by molar-refractivity contribution is -0.132. The van der Waals surface area contributed by atoms with E-state index in [0.717, 1.165) is 30.6 Å². The molecule has 8 heteroatoms. The fourth-order valence-electron chi connectivity index (χ4n) is 3.82. The van der Waals surface area contributed by atoms with E-state index in [9.17, 15) is 14.4 Å². The van der Waals surface area contributed by atoms with Crippen LogP contribution in [0, 0.1) is 0 Å². The molecule has 2 aromatic rings. The summed E-state index contributed by atoms with van der Waals surface area (Å²) in [4.78, 5) is 45.0. The Morgan fingerprint density at radius 2 is 1.81 bits per heavy atom. The lowest BCUT2D eigenvalue weighted by Crippen LogP contribution is -2.42. The smallest absolute Gasteiger partial charge is 0.262 e. The predicted molar refractivity (Wildman–Crippen MR) is 91.8 cm³/mol. The Morgan fingerprint density at radius 1 is 1.11 bits per heavy atom. The van der Waals surface area contributed by atoms with Crippen molar-refractivity contribution in [2.45, 2.75) is 37.6 Å². The van der Waals surface area contributed by atoms with Crippen molar-refractivity contribution in [3.63, 3.8) is 0 Å². The monoisotopic (exact) mass is 366 g/mol. The molecule has 3 aliphatic rings. The van der Waals surface area contributed by atoms with Gasteiger partial charge in [-0.3, -0.25) is 19.3 Å². The van der Waals surface area contributed by atoms with Gasteiger partial charge in [-0.1, -0.05) is 17.3 Å². The summed E-state index contributed by atoms with van der Waals surface area (Å²) in [6.07, 6.45) is 3.71. The SMILES string of the molecule is O=C1c2ccccc2C(=O)N1CC(=O)N1CCCC1c1nc(C2CC2)no1. The van der Waals surface area contributed by atoms with Crippen LogP contribution in [0.1, 0.15) is 70.1 Å². The molecule has 1 saturated carbocycles. The van der Waals surface area contributed by atoms with E-state index in [4.69, 9.17) is 4.52 Å². The van der Waals surface area contributed by atoms with E-state index in [1.165, 1.54) is 0 Å². The maximum atomic E-state index is 12.9. The molecule has 0 N–H and O–H groups in total. The number of benzene rings is 1. The second-order valence-corrected chi connectivity index (χ2v) is 7.25. The predicted octanol–water partition coefficient (Wildman–Crippen LogP) is 1.91. The molecule has 1 unspecified atom stereocenters. The second-order valence-electron chi connectivity index (χ2n) is 7.25. The Balaban J connectivity index is 1.33. The van der Waals surface area contributed by atoms with E-state index in [2.05, 4.69) is 10.1 Å². The quantitative estimate of drug-likeness (QED) is 0.767. The number of likely N-dealkylation sites (tertiary alicyclic amines) is 1. The minimum absolute atomic E-state index is 0.271. The molecule has 3 amide bonds. The van der Waals surface area contributed by atoms with Crippen molar-refractivity contribution in [3.8, 4) is 0 Å². The van der Waals surface area contributed by atoms with Gasteiger partial charge in [0.05, 0.1) is 11.1 Å². The van der Waals surface area contributed by atoms with E-state index in [-0.39, 0.29) is 18.5 Å². The van der Waals surface area contributed by atoms with E-state index in [0.29, 0.717) is 35.3 Å². The molecule has 27 heavy (non-hydrogen) atoms. The number of carbonyl (C=O) groups excluding carboxylic acids is 3. The molecule has 0 radical (unpaired) electrons. The zero-order valence-electron chi connectivity index (χ0n) is 14.6. The molecule has 1 aromatic carbocycles. The molecule has 3 heterocycles. The van der Waals surface area contributed by atoms with Crippen LogP contribution >= 0.6 is 0 Å². The highest BCUT2D eigenvalue weighted by Gasteiger charge is 2.40. The molecule has 1 saturated heterocycles. The lowest BCUT2D eigenvalue weighted by atomic mass is 10.1. The first-order valence-corrected chi connectivity index (χ1v) is 9.21. The first-order chi connectivity index (χ1) is 13.1. The Hall–Kier alpha value is -3.03. The van der Waals surface area contributed by atoms with Crippen LogP contribution in [0.15, 0.2) is 28.8 Å². The van der Waals surface area contributed by atoms with Crippen LogP contribution in [0.25, 0.3) is 0 Å². The van der Waals surface area contributed by atoms with Gasteiger partial charge < -0.3 is 9.42 Å². The number of amides is 3. The van der Waals surface area contributed by atoms with Crippen molar-refractivity contribution < 1.29 is 18.9 Å². The minimum Gasteiger partial charge on any atom is -0.337 e. The zero-order valence-corrected chi connectivity index (χ0v) is 14.6. The van der Waals surface area contributed by atoms with Gasteiger partial charge in [0, 0.05) is 12.5 Å². The zero-order chi connectivity index (χ0) is 18.5. The summed E-state index contributed by atoms with van der Waals surface area (Å²) in [6, 6.07) is 6.35. The molecule has 1 aromatic heterocycles. The summed E-state index contributed by atoms with van der Waals surface area (Å²) in [5, 5.41) is 4.03. The van der Waals surface area contributed by atoms with E-state index in [1.807, 2.05) is 0 Å². The lowest BCUT2D eigenvalue weighted by Gasteiger charge is -2.24. The molecule has 5 rings (SSSR count). The van der Waals surface area contributed by atoms with Crippen molar-refractivity contribution in [2.75, 3.05) is 13.1 Å². The van der Waals surface area contributed by atoms with Gasteiger partial charge in [0.25, 0.3) is 11.8 Å². The highest BCUT2D eigenvalue weighted by Crippen LogP contribution is 2.39. The molecule has 8 nitrogen and oxygen atoms in total. The van der Waals surface area contributed by atoms with Gasteiger partial charge in [0.15, 0.2) is 5.82 Å². The number of carbonyl (C=O) groups is 3. The standard InChI is InChI=1S/C19H18N4O4/c24-15(10-23-18(25)12-4-1-2-5-13(12)19(23)26)22-9-3-6-14(22)17-20-16(21-27-17)11-7-8-11/h1-2,4-5,11,14H,3,6-10H2. The molecular formula is C19H18N4O4. The largest absolute Gasteiger partial charge is 0.337 e. The summed E-state index contributed by atoms with van der Waals surface area (Å²) in [7, 11) is 0. The first-order valence-electron chi connectivity index (χ1n) is 9.21. The molecular weight excluding hydrogens is 348 g/mol. The fourth-order valence-corrected chi connectivity index (χ4v) is 3.82. The number of fused-ring (bicyclic) bond motifs is 1. The van der Waals surface area contributed by atoms with Crippen molar-refractivity contribution in [1.82, 2.24) is 19.9 Å². The van der Waals surface area contributed by atoms with E-state index >= 15 is 0 Å². The van der Waals surface area contributed by atoms with Crippen LogP contribution in [0.2, 0.25) is 0 Å². The number of nitrogens with zero attached hydrogens (tertiary/aromatic N) is 4. The second kappa shape index (κ2) is 6.00. The Kier molecular flexibility index (Phi) is 3.60. The number of imide groups is 1. The van der Waals surface area contributed by atoms with Crippen LogP contribution in [0.3, 0.4) is 0 Å². The van der Waals surface area contributed by atoms with Crippen LogP contribution < -0.4 is 0 Å². The van der Waals surface area contributed by atoms with E-state index < -0.39 is 11.8 Å². The van der Waals surface area contributed by atoms with Gasteiger partial charge in [-0.15, -0.1) is 0 Å². The number of aromatic nitrogens is 2. The Labute approximate surface area is 155 Å². The third kappa shape index (κ3) is 2.63. The summed E-state index contributed by atoms with van der Waals surface area (Å²) in [5.74, 6) is 0.418. The summed E-state index contributed by atoms with van der Waals surface area (Å²) in [6.45, 7) is 0.278. The summed E-state index contributed by atoms with van der Waals surface area (Å²) < 4.78 is 5.39.